The molecule has 0 saturated carbocycles. The maximum Gasteiger partial charge on any atom is 0.334 e. The van der Waals surface area contributed by atoms with Gasteiger partial charge < -0.3 is 30.3 Å². The van der Waals surface area contributed by atoms with Crippen LogP contribution in [0, 0.1) is 10.1 Å². The lowest BCUT2D eigenvalue weighted by Gasteiger charge is -2.25. The maximum atomic E-state index is 12.8. The van der Waals surface area contributed by atoms with Crippen molar-refractivity contribution in [2.24, 2.45) is 0 Å². The summed E-state index contributed by atoms with van der Waals surface area (Å²) in [6, 6.07) is 0. The number of rotatable bonds is 31. The van der Waals surface area contributed by atoms with Crippen molar-refractivity contribution in [3.63, 3.8) is 0 Å². The van der Waals surface area contributed by atoms with Gasteiger partial charge in [0.1, 0.15) is 0 Å². The first-order chi connectivity index (χ1) is 27.7. The van der Waals surface area contributed by atoms with Gasteiger partial charge in [-0.2, -0.15) is 0 Å². The van der Waals surface area contributed by atoms with E-state index >= 15 is 0 Å². The van der Waals surface area contributed by atoms with Gasteiger partial charge in [0.05, 0.1) is 26.5 Å². The van der Waals surface area contributed by atoms with Crippen LogP contribution in [0.2, 0.25) is 0 Å². The highest BCUT2D eigenvalue weighted by Crippen LogP contribution is 2.39. The molecule has 18 nitrogen and oxygen atoms in total. The number of nitrogens with one attached hydrogen (secondary N) is 3. The number of carbonyl (C=O) groups excluding carboxylic acids is 8. The molecular weight excluding hydrogens is 851 g/mol. The number of hydrogen-bond acceptors (Lipinski definition) is 17. The van der Waals surface area contributed by atoms with Gasteiger partial charge in [0, 0.05) is 91.0 Å². The number of ether oxygens (including phenoxy) is 2. The van der Waals surface area contributed by atoms with Gasteiger partial charge in [-0.1, -0.05) is 63.9 Å². The maximum absolute atomic E-state index is 12.8. The highest BCUT2D eigenvalue weighted by Gasteiger charge is 2.43. The smallest absolute Gasteiger partial charge is 0.334 e. The Balaban J connectivity index is 0. The lowest BCUT2D eigenvalue weighted by molar-refractivity contribution is -0.573. The molecule has 340 valence electrons. The molecule has 59 heavy (non-hydrogen) atoms. The molecule has 0 bridgehead atoms. The normalized spacial score (nSPS) is 12.0. The Morgan fingerprint density at radius 1 is 0.661 bits per heavy atom. The Labute approximate surface area is 364 Å². The van der Waals surface area contributed by atoms with E-state index in [-0.39, 0.29) is 110 Å². The van der Waals surface area contributed by atoms with Crippen LogP contribution in [0.5, 0.6) is 0 Å². The molecular formula is C37H65N5O13S4. The van der Waals surface area contributed by atoms with Gasteiger partial charge in [-0.15, -0.1) is 5.06 Å². The third-order valence-electron chi connectivity index (χ3n) is 8.22. The van der Waals surface area contributed by atoms with E-state index in [1.807, 2.05) is 41.5 Å². The third-order valence-corrected chi connectivity index (χ3v) is 14.7. The van der Waals surface area contributed by atoms with Gasteiger partial charge >= 0.3 is 17.9 Å². The van der Waals surface area contributed by atoms with Gasteiger partial charge in [0.25, 0.3) is 12.3 Å². The molecule has 0 aliphatic rings. The number of nitrogens with zero attached hydrogens (tertiary/aromatic N) is 2. The second-order valence-electron chi connectivity index (χ2n) is 14.0. The summed E-state index contributed by atoms with van der Waals surface area (Å²) in [6.07, 6.45) is 0.0764. The van der Waals surface area contributed by atoms with E-state index in [0.29, 0.717) is 25.0 Å². The number of hydrogen-bond donors (Lipinski definition) is 3. The average molecular weight is 916 g/mol. The molecule has 22 heteroatoms. The fourth-order valence-electron chi connectivity index (χ4n) is 4.69. The summed E-state index contributed by atoms with van der Waals surface area (Å²) in [6.45, 7) is 13.6. The summed E-state index contributed by atoms with van der Waals surface area (Å²) >= 11 is 0. The minimum absolute atomic E-state index is 0.0159. The molecule has 1 unspecified atom stereocenters. The molecule has 0 saturated heterocycles. The predicted octanol–water partition coefficient (Wildman–Crippen LogP) is 5.53. The number of carbonyl (C=O) groups is 8. The fourth-order valence-corrected chi connectivity index (χ4v) is 9.52. The highest BCUT2D eigenvalue weighted by atomic mass is 33.1. The van der Waals surface area contributed by atoms with Gasteiger partial charge in [0.2, 0.25) is 23.3 Å². The second kappa shape index (κ2) is 32.5. The van der Waals surface area contributed by atoms with Crippen LogP contribution in [0.1, 0.15) is 132 Å². The van der Waals surface area contributed by atoms with E-state index in [0.717, 1.165) is 0 Å². The minimum atomic E-state index is -1.82. The minimum Gasteiger partial charge on any atom is -0.469 e. The van der Waals surface area contributed by atoms with E-state index < -0.39 is 46.5 Å². The SMILES string of the molecule is CC.CCCC(=O)N(C=O)OC(=O)CCNC(=O)CCC(CCC(=O)NCCSSC(C)(C)CCC(=O)OC)(CCC(=O)NCSSC(C)(C)CCC(=O)OC)[N+](=O)[O-]. The largest absolute Gasteiger partial charge is 0.469 e. The lowest BCUT2D eigenvalue weighted by Crippen LogP contribution is -2.42. The summed E-state index contributed by atoms with van der Waals surface area (Å²) < 4.78 is 8.86. The van der Waals surface area contributed by atoms with Crippen LogP contribution in [0.4, 0.5) is 0 Å². The van der Waals surface area contributed by atoms with E-state index in [2.05, 4.69) is 20.7 Å². The number of esters is 2. The molecule has 0 radical (unpaired) electrons. The van der Waals surface area contributed by atoms with Crippen molar-refractivity contribution in [2.75, 3.05) is 38.9 Å². The number of amides is 5. The van der Waals surface area contributed by atoms with Crippen LogP contribution in [0.25, 0.3) is 0 Å². The lowest BCUT2D eigenvalue weighted by atomic mass is 9.84. The Hall–Kier alpha value is -3.24. The predicted molar refractivity (Wildman–Crippen MR) is 232 cm³/mol. The Kier molecular flexibility index (Phi) is 31.9. The number of imide groups is 1. The second-order valence-corrected chi connectivity index (χ2v) is 20.1. The molecule has 0 aromatic carbocycles. The van der Waals surface area contributed by atoms with Crippen molar-refractivity contribution in [2.45, 2.75) is 147 Å². The third kappa shape index (κ3) is 28.8. The molecule has 0 spiro atoms. The first kappa shape index (κ1) is 57.9. The summed E-state index contributed by atoms with van der Waals surface area (Å²) in [5.74, 6) is -3.07. The summed E-state index contributed by atoms with van der Waals surface area (Å²) in [7, 11) is 8.55. The quantitative estimate of drug-likeness (QED) is 0.0147. The van der Waals surface area contributed by atoms with Crippen LogP contribution in [0.3, 0.4) is 0 Å². The van der Waals surface area contributed by atoms with Crippen LogP contribution >= 0.6 is 43.2 Å². The van der Waals surface area contributed by atoms with Gasteiger partial charge in [-0.3, -0.25) is 43.7 Å². The Morgan fingerprint density at radius 2 is 1.12 bits per heavy atom. The zero-order chi connectivity index (χ0) is 45.5. The first-order valence-corrected chi connectivity index (χ1v) is 24.1. The molecule has 0 fully saturated rings. The van der Waals surface area contributed by atoms with Crippen LogP contribution in [-0.2, 0) is 52.7 Å². The van der Waals surface area contributed by atoms with Gasteiger partial charge in [-0.25, -0.2) is 4.79 Å². The van der Waals surface area contributed by atoms with Crippen molar-refractivity contribution in [3.05, 3.63) is 10.1 Å². The van der Waals surface area contributed by atoms with Crippen LogP contribution < -0.4 is 16.0 Å². The van der Waals surface area contributed by atoms with E-state index in [1.165, 1.54) is 46.6 Å². The molecule has 0 aromatic heterocycles. The average Bonchev–Trinajstić information content (AvgIpc) is 3.20. The van der Waals surface area contributed by atoms with Crippen molar-refractivity contribution in [1.82, 2.24) is 21.0 Å². The standard InChI is InChI=1S/C35H59N5O13S4.C2H6/c1-8-9-29(45)39(25-41)53-32(48)15-21-36-26(42)10-18-35(40(49)50,20-12-28(44)38-24-55-57-34(4,5)17-14-31(47)52-7)19-11-27(43)37-22-23-54-56-33(2,3)16-13-30(46)51-6;1-2/h25H,8-24H2,1-7H3,(H,36,42)(H,37,43)(H,38,44);1-2H3. The number of hydroxylamine groups is 2. The first-order valence-electron chi connectivity index (χ1n) is 19.4. The van der Waals surface area contributed by atoms with Crippen molar-refractivity contribution in [3.8, 4) is 0 Å². The summed E-state index contributed by atoms with van der Waals surface area (Å²) in [5, 5.41) is 20.8. The van der Waals surface area contributed by atoms with E-state index in [9.17, 15) is 48.5 Å². The van der Waals surface area contributed by atoms with Crippen molar-refractivity contribution in [1.29, 1.82) is 0 Å². The van der Waals surface area contributed by atoms with E-state index in [4.69, 9.17) is 9.57 Å². The fraction of sp³-hybridized carbons (Fsp3) is 0.784. The van der Waals surface area contributed by atoms with Crippen molar-refractivity contribution >= 4 is 91.1 Å². The molecule has 0 heterocycles. The summed E-state index contributed by atoms with van der Waals surface area (Å²) in [5.41, 5.74) is -1.82. The zero-order valence-corrected chi connectivity index (χ0v) is 39.2. The Bertz CT molecular complexity index is 1360. The van der Waals surface area contributed by atoms with Crippen LogP contribution in [0.15, 0.2) is 0 Å². The molecule has 0 aromatic rings. The number of nitro groups is 1. The molecule has 0 rings (SSSR count). The van der Waals surface area contributed by atoms with Crippen molar-refractivity contribution < 1.29 is 57.6 Å². The monoisotopic (exact) mass is 915 g/mol. The van der Waals surface area contributed by atoms with Gasteiger partial charge in [0.15, 0.2) is 0 Å². The van der Waals surface area contributed by atoms with Gasteiger partial charge in [-0.05, 0) is 47.0 Å². The van der Waals surface area contributed by atoms with E-state index in [1.54, 1.807) is 17.7 Å². The number of methoxy groups -OCH3 is 2. The highest BCUT2D eigenvalue weighted by molar-refractivity contribution is 8.77. The molecule has 5 amide bonds. The molecule has 1 atom stereocenters. The summed E-state index contributed by atoms with van der Waals surface area (Å²) in [4.78, 5) is 113. The zero-order valence-electron chi connectivity index (χ0n) is 35.9. The molecule has 3 N–H and O–H groups in total. The Morgan fingerprint density at radius 3 is 1.56 bits per heavy atom. The molecule has 0 aliphatic heterocycles. The van der Waals surface area contributed by atoms with Crippen LogP contribution in [-0.4, -0.2) is 112 Å². The molecule has 0 aliphatic carbocycles. The topological polar surface area (TPSA) is 247 Å².